The molecule has 3 aromatic rings. The highest BCUT2D eigenvalue weighted by Gasteiger charge is 2.16. The Bertz CT molecular complexity index is 1980. The molecule has 3 rings (SSSR count). The minimum absolute atomic E-state index is 0.0424. The Hall–Kier alpha value is -6.39. The fraction of sp³-hybridized carbons (Fsp3) is 0.310. The van der Waals surface area contributed by atoms with E-state index in [1.54, 1.807) is 74.5 Å². The Morgan fingerprint density at radius 1 is 0.621 bits per heavy atom. The lowest BCUT2D eigenvalue weighted by Crippen LogP contribution is -2.08. The molecule has 3 aromatic carbocycles. The first-order valence-electron chi connectivity index (χ1n) is 17.0. The zero-order valence-electron chi connectivity index (χ0n) is 32.8. The number of esters is 2. The second-order valence-electron chi connectivity index (χ2n) is 11.6. The number of Topliss-reactive ketones (excluding diaryl/α,β-unsaturated/α-hetero) is 2. The van der Waals surface area contributed by atoms with Crippen molar-refractivity contribution in [2.75, 3.05) is 27.4 Å². The van der Waals surface area contributed by atoms with Gasteiger partial charge in [0.15, 0.2) is 11.6 Å². The number of aliphatic hydroxyl groups is 7. The Labute approximate surface area is 336 Å². The van der Waals surface area contributed by atoms with Gasteiger partial charge in [-0.15, -0.1) is 0 Å². The number of carbonyl (C=O) groups is 4. The molecule has 0 atom stereocenters. The van der Waals surface area contributed by atoms with Gasteiger partial charge in [-0.3, -0.25) is 14.4 Å². The summed E-state index contributed by atoms with van der Waals surface area (Å²) in [5.41, 5.74) is 6.06. The number of hydrogen-bond acceptors (Lipinski definition) is 14. The van der Waals surface area contributed by atoms with Crippen molar-refractivity contribution in [1.82, 2.24) is 0 Å². The van der Waals surface area contributed by atoms with Crippen LogP contribution in [0.4, 0.5) is 0 Å². The number of carbonyl (C=O) groups excluding carboxylic acids is 4. The first-order valence-corrected chi connectivity index (χ1v) is 17.0. The van der Waals surface area contributed by atoms with Crippen molar-refractivity contribution >= 4 is 34.7 Å². The highest BCUT2D eigenvalue weighted by molar-refractivity contribution is 6.06. The minimum atomic E-state index is -0.720. The Balaban J connectivity index is 0.000000787. The smallest absolute Gasteiger partial charge is 0.386 e. The van der Waals surface area contributed by atoms with Gasteiger partial charge >= 0.3 is 18.5 Å². The fourth-order valence-corrected chi connectivity index (χ4v) is 4.69. The third-order valence-corrected chi connectivity index (χ3v) is 8.10. The second-order valence-corrected chi connectivity index (χ2v) is 11.6. The van der Waals surface area contributed by atoms with E-state index in [1.807, 2.05) is 0 Å². The Morgan fingerprint density at radius 2 is 1.02 bits per heavy atom. The summed E-state index contributed by atoms with van der Waals surface area (Å²) < 4.78 is 8.69. The first-order chi connectivity index (χ1) is 27.7. The van der Waals surface area contributed by atoms with E-state index in [4.69, 9.17) is 43.9 Å². The van der Waals surface area contributed by atoms with E-state index in [0.717, 1.165) is 0 Å². The summed E-state index contributed by atoms with van der Waals surface area (Å²) in [4.78, 5) is 49.8. The zero-order chi connectivity index (χ0) is 44.4. The summed E-state index contributed by atoms with van der Waals surface area (Å²) in [6.45, 7) is 15.9. The molecule has 0 aliphatic heterocycles. The molecule has 16 heteroatoms. The zero-order valence-corrected chi connectivity index (χ0v) is 32.8. The van der Waals surface area contributed by atoms with Crippen molar-refractivity contribution in [3.8, 4) is 6.07 Å². The molecular weight excluding hydrogens is 754 g/mol. The first kappa shape index (κ1) is 51.6. The number of nitriles is 1. The van der Waals surface area contributed by atoms with Gasteiger partial charge in [-0.2, -0.15) is 5.26 Å². The van der Waals surface area contributed by atoms with E-state index >= 15 is 0 Å². The van der Waals surface area contributed by atoms with Crippen LogP contribution in [0.2, 0.25) is 0 Å². The fourth-order valence-electron chi connectivity index (χ4n) is 4.69. The number of rotatable bonds is 13. The molecule has 7 N–H and O–H groups in total. The summed E-state index contributed by atoms with van der Waals surface area (Å²) in [5.74, 6) is -1.85. The number of allylic oxidation sites excluding steroid dienone is 2. The van der Waals surface area contributed by atoms with Crippen LogP contribution in [0.3, 0.4) is 0 Å². The van der Waals surface area contributed by atoms with E-state index in [2.05, 4.69) is 19.2 Å². The second kappa shape index (κ2) is 28.1. The van der Waals surface area contributed by atoms with Crippen molar-refractivity contribution in [1.29, 1.82) is 5.26 Å². The van der Waals surface area contributed by atoms with Gasteiger partial charge in [0.25, 0.3) is 5.70 Å². The molecule has 0 aliphatic carbocycles. The maximum atomic E-state index is 11.5. The van der Waals surface area contributed by atoms with Crippen LogP contribution in [0.5, 0.6) is 0 Å². The van der Waals surface area contributed by atoms with E-state index < -0.39 is 24.3 Å². The van der Waals surface area contributed by atoms with Crippen LogP contribution in [0.25, 0.3) is 20.8 Å². The van der Waals surface area contributed by atoms with Crippen LogP contribution >= 0.6 is 0 Å². The number of aliphatic hydroxyl groups excluding tert-OH is 7. The molecule has 0 radical (unpaired) electrons. The predicted molar refractivity (Wildman–Crippen MR) is 210 cm³/mol. The molecule has 0 fully saturated rings. The number of nitrogens with zero attached hydrogens (tertiary/aromatic N) is 3. The highest BCUT2D eigenvalue weighted by Crippen LogP contribution is 2.24. The largest absolute Gasteiger partial charge is 0.474 e. The molecule has 16 nitrogen and oxygen atoms in total. The molecule has 0 saturated carbocycles. The highest BCUT2D eigenvalue weighted by atomic mass is 16.5. The lowest BCUT2D eigenvalue weighted by atomic mass is 9.96. The van der Waals surface area contributed by atoms with E-state index in [1.165, 1.54) is 21.1 Å². The maximum Gasteiger partial charge on any atom is 0.386 e. The SMILES string of the molecule is C/C(=C(\C#N)C(=O)CO)c1ccc(CO)c(CO)c1.CC(=O)c1ccc(CO)c(CO)c1.[C-]#[N+]/C(C(=O)OC)=C(/C)c1ccc(CO)c(CO)c1.[C-]#[N+]CC(=O)OC. The van der Waals surface area contributed by atoms with Crippen molar-refractivity contribution in [2.24, 2.45) is 0 Å². The Morgan fingerprint density at radius 3 is 1.31 bits per heavy atom. The predicted octanol–water partition coefficient (Wildman–Crippen LogP) is 2.98. The van der Waals surface area contributed by atoms with Crippen LogP contribution in [0.1, 0.15) is 75.6 Å². The normalized spacial score (nSPS) is 10.7. The molecule has 0 saturated heterocycles. The van der Waals surface area contributed by atoms with Gasteiger partial charge in [-0.1, -0.05) is 42.5 Å². The number of benzene rings is 3. The van der Waals surface area contributed by atoms with Crippen molar-refractivity contribution in [2.45, 2.75) is 60.4 Å². The molecule has 0 aromatic heterocycles. The summed E-state index contributed by atoms with van der Waals surface area (Å²) in [5, 5.41) is 72.2. The van der Waals surface area contributed by atoms with Gasteiger partial charge in [0.05, 0.1) is 60.4 Å². The van der Waals surface area contributed by atoms with Crippen molar-refractivity contribution in [3.05, 3.63) is 139 Å². The topological polar surface area (TPSA) is 261 Å². The third kappa shape index (κ3) is 16.0. The molecule has 0 heterocycles. The van der Waals surface area contributed by atoms with Crippen molar-refractivity contribution < 1.29 is 64.4 Å². The van der Waals surface area contributed by atoms with Gasteiger partial charge < -0.3 is 50.1 Å². The number of ether oxygens (including phenoxy) is 2. The molecule has 0 bridgehead atoms. The van der Waals surface area contributed by atoms with E-state index in [9.17, 15) is 29.4 Å². The average molecular weight is 802 g/mol. The van der Waals surface area contributed by atoms with E-state index in [0.29, 0.717) is 61.2 Å². The third-order valence-electron chi connectivity index (χ3n) is 8.10. The molecular formula is C42H47N3O13. The Kier molecular flexibility index (Phi) is 25.0. The molecule has 58 heavy (non-hydrogen) atoms. The van der Waals surface area contributed by atoms with Crippen LogP contribution in [-0.4, -0.2) is 86.6 Å². The van der Waals surface area contributed by atoms with Crippen LogP contribution < -0.4 is 0 Å². The van der Waals surface area contributed by atoms with Crippen molar-refractivity contribution in [3.63, 3.8) is 0 Å². The van der Waals surface area contributed by atoms with Crippen LogP contribution in [0.15, 0.2) is 65.9 Å². The van der Waals surface area contributed by atoms with Gasteiger partial charge in [-0.05, 0) is 88.6 Å². The van der Waals surface area contributed by atoms with Gasteiger partial charge in [-0.25, -0.2) is 16.2 Å². The lowest BCUT2D eigenvalue weighted by Gasteiger charge is -2.10. The number of hydrogen-bond donors (Lipinski definition) is 7. The van der Waals surface area contributed by atoms with Crippen LogP contribution in [0, 0.1) is 24.5 Å². The summed E-state index contributed by atoms with van der Waals surface area (Å²) >= 11 is 0. The standard InChI is InChI=1S/2C14H15NO4.C10H12O3.C4H5NO2/c1-9(13(15-2)14(18)19-3)10-4-5-11(7-16)12(6-10)8-17;1-9(13(5-15)14(19)8-18)10-2-3-11(6-16)12(4-10)7-17;1-7(13)8-2-3-9(5-11)10(4-8)6-12;1-5-3-4(6)7-2/h4-6,16-17H,7-8H2,1,3H3;2-4,16-18H,6-8H2,1H3;2-4,11-12H,5-6H2,1H3;3H2,2H3/b2*13-9-;;. The maximum absolute atomic E-state index is 11.5. The minimum Gasteiger partial charge on any atom is -0.474 e. The lowest BCUT2D eigenvalue weighted by molar-refractivity contribution is -0.138. The monoisotopic (exact) mass is 801 g/mol. The number of ketones is 2. The number of methoxy groups -OCH3 is 2. The summed E-state index contributed by atoms with van der Waals surface area (Å²) in [7, 11) is 2.47. The van der Waals surface area contributed by atoms with Crippen LogP contribution in [-0.2, 0) is 63.5 Å². The molecule has 0 spiro atoms. The summed E-state index contributed by atoms with van der Waals surface area (Å²) in [6.07, 6.45) is 0. The molecule has 0 amide bonds. The molecule has 0 unspecified atom stereocenters. The molecule has 308 valence electrons. The molecule has 0 aliphatic rings. The van der Waals surface area contributed by atoms with Gasteiger partial charge in [0, 0.05) is 5.56 Å². The van der Waals surface area contributed by atoms with Gasteiger partial charge in [0.2, 0.25) is 0 Å². The van der Waals surface area contributed by atoms with Gasteiger partial charge in [0.1, 0.15) is 18.2 Å². The quantitative estimate of drug-likeness (QED) is 0.0431. The summed E-state index contributed by atoms with van der Waals surface area (Å²) in [6, 6.07) is 16.6. The van der Waals surface area contributed by atoms with E-state index in [-0.39, 0.29) is 63.2 Å². The average Bonchev–Trinajstić information content (AvgIpc) is 3.26.